The molecule has 0 radical (unpaired) electrons. The first kappa shape index (κ1) is 18.0. The molecule has 0 saturated heterocycles. The number of nitrogens with zero attached hydrogens (tertiary/aromatic N) is 2. The third-order valence-corrected chi connectivity index (χ3v) is 4.08. The molecule has 3 aromatic carbocycles. The van der Waals surface area contributed by atoms with Crippen LogP contribution in [0.1, 0.15) is 18.1 Å². The highest BCUT2D eigenvalue weighted by Crippen LogP contribution is 2.31. The van der Waals surface area contributed by atoms with Crippen LogP contribution in [0.15, 0.2) is 66.2 Å². The average Bonchev–Trinajstić information content (AvgIpc) is 2.71. The van der Waals surface area contributed by atoms with Gasteiger partial charge in [0.1, 0.15) is 24.3 Å². The Morgan fingerprint density at radius 1 is 0.926 bits per heavy atom. The first-order valence-electron chi connectivity index (χ1n) is 8.63. The van der Waals surface area contributed by atoms with Crippen molar-refractivity contribution in [2.24, 2.45) is 0 Å². The number of ether oxygens (including phenoxy) is 2. The number of allylic oxidation sites excluding steroid dienone is 1. The average molecular weight is 354 g/mol. The summed E-state index contributed by atoms with van der Waals surface area (Å²) in [7, 11) is 0. The highest BCUT2D eigenvalue weighted by molar-refractivity contribution is 5.85. The van der Waals surface area contributed by atoms with E-state index in [0.29, 0.717) is 30.3 Å². The maximum Gasteiger partial charge on any atom is 0.161 e. The Kier molecular flexibility index (Phi) is 5.72. The molecule has 0 aliphatic rings. The number of rotatable bonds is 6. The molecule has 0 spiro atoms. The molecule has 0 atom stereocenters. The Morgan fingerprint density at radius 3 is 2.48 bits per heavy atom. The molecule has 0 unspecified atom stereocenters. The van der Waals surface area contributed by atoms with Gasteiger partial charge < -0.3 is 9.47 Å². The van der Waals surface area contributed by atoms with Crippen LogP contribution >= 0.6 is 0 Å². The van der Waals surface area contributed by atoms with Crippen LogP contribution in [0.4, 0.5) is 0 Å². The fourth-order valence-electron chi connectivity index (χ4n) is 2.83. The Morgan fingerprint density at radius 2 is 1.70 bits per heavy atom. The number of hydrogen-bond acceptors (Lipinski definition) is 4. The number of hydrogen-bond donors (Lipinski definition) is 0. The lowest BCUT2D eigenvalue weighted by molar-refractivity contribution is 0.270. The fraction of sp³-hybridized carbons (Fsp3) is 0.130. The van der Waals surface area contributed by atoms with E-state index in [4.69, 9.17) is 20.0 Å². The van der Waals surface area contributed by atoms with Crippen molar-refractivity contribution < 1.29 is 9.47 Å². The molecule has 0 aliphatic carbocycles. The lowest BCUT2D eigenvalue weighted by atomic mass is 10.1. The number of benzene rings is 3. The maximum atomic E-state index is 8.91. The van der Waals surface area contributed by atoms with Crippen LogP contribution in [0.3, 0.4) is 0 Å². The van der Waals surface area contributed by atoms with Crippen molar-refractivity contribution in [1.29, 1.82) is 10.5 Å². The maximum absolute atomic E-state index is 8.91. The Hall–Kier alpha value is -3.76. The van der Waals surface area contributed by atoms with Crippen molar-refractivity contribution in [1.82, 2.24) is 0 Å². The van der Waals surface area contributed by atoms with E-state index in [1.807, 2.05) is 43.3 Å². The highest BCUT2D eigenvalue weighted by atomic mass is 16.5. The Balaban J connectivity index is 1.87. The molecule has 0 N–H and O–H groups in total. The molecular formula is C23H18N2O2. The first-order valence-corrected chi connectivity index (χ1v) is 8.63. The third kappa shape index (κ3) is 4.26. The fourth-order valence-corrected chi connectivity index (χ4v) is 2.83. The van der Waals surface area contributed by atoms with Crippen LogP contribution in [0.5, 0.6) is 11.5 Å². The number of fused-ring (bicyclic) bond motifs is 1. The molecule has 3 aromatic rings. The van der Waals surface area contributed by atoms with E-state index in [0.717, 1.165) is 10.9 Å². The predicted octanol–water partition coefficient (Wildman–Crippen LogP) is 5.25. The minimum absolute atomic E-state index is 0.0434. The summed E-state index contributed by atoms with van der Waals surface area (Å²) < 4.78 is 11.7. The molecule has 0 heterocycles. The zero-order valence-electron chi connectivity index (χ0n) is 15.0. The van der Waals surface area contributed by atoms with E-state index in [-0.39, 0.29) is 5.57 Å². The van der Waals surface area contributed by atoms with Crippen molar-refractivity contribution in [3.05, 3.63) is 77.4 Å². The molecular weight excluding hydrogens is 336 g/mol. The lowest BCUT2D eigenvalue weighted by Crippen LogP contribution is -2.00. The first-order chi connectivity index (χ1) is 13.2. The summed E-state index contributed by atoms with van der Waals surface area (Å²) in [5.74, 6) is 1.21. The minimum Gasteiger partial charge on any atom is -0.490 e. The topological polar surface area (TPSA) is 66.0 Å². The van der Waals surface area contributed by atoms with Gasteiger partial charge in [-0.25, -0.2) is 0 Å². The summed E-state index contributed by atoms with van der Waals surface area (Å²) in [6.45, 7) is 2.80. The van der Waals surface area contributed by atoms with Gasteiger partial charge in [0.05, 0.1) is 6.61 Å². The van der Waals surface area contributed by atoms with Gasteiger partial charge in [-0.3, -0.25) is 0 Å². The van der Waals surface area contributed by atoms with E-state index in [1.165, 1.54) is 11.5 Å². The summed E-state index contributed by atoms with van der Waals surface area (Å²) in [4.78, 5) is 0. The van der Waals surface area contributed by atoms with Crippen LogP contribution in [0, 0.1) is 22.7 Å². The van der Waals surface area contributed by atoms with Gasteiger partial charge in [0.2, 0.25) is 0 Å². The Labute approximate surface area is 158 Å². The summed E-state index contributed by atoms with van der Waals surface area (Å²) in [5.41, 5.74) is 1.85. The molecule has 0 aromatic heterocycles. The van der Waals surface area contributed by atoms with Crippen molar-refractivity contribution in [2.45, 2.75) is 13.5 Å². The van der Waals surface area contributed by atoms with Crippen LogP contribution < -0.4 is 9.47 Å². The van der Waals surface area contributed by atoms with Gasteiger partial charge in [0, 0.05) is 0 Å². The summed E-state index contributed by atoms with van der Waals surface area (Å²) in [5, 5.41) is 20.2. The normalized spacial score (nSPS) is 9.89. The monoisotopic (exact) mass is 354 g/mol. The second-order valence-electron chi connectivity index (χ2n) is 5.85. The summed E-state index contributed by atoms with van der Waals surface area (Å²) in [6, 6.07) is 23.4. The van der Waals surface area contributed by atoms with Gasteiger partial charge >= 0.3 is 0 Å². The van der Waals surface area contributed by atoms with Gasteiger partial charge in [-0.05, 0) is 47.0 Å². The molecule has 0 saturated carbocycles. The molecule has 0 bridgehead atoms. The largest absolute Gasteiger partial charge is 0.490 e. The van der Waals surface area contributed by atoms with Crippen molar-refractivity contribution >= 4 is 16.8 Å². The third-order valence-electron chi connectivity index (χ3n) is 4.08. The smallest absolute Gasteiger partial charge is 0.161 e. The standard InChI is InChI=1S/C23H18N2O2/c1-2-26-23-13-17(12-18(14-24)15-25)10-11-22(23)27-16-20-8-5-7-19-6-3-4-9-21(19)20/h3-13H,2,16H2,1H3. The van der Waals surface area contributed by atoms with Crippen LogP contribution in [0.25, 0.3) is 16.8 Å². The SMILES string of the molecule is CCOc1cc(C=C(C#N)C#N)ccc1OCc1cccc2ccccc12. The Bertz CT molecular complexity index is 1050. The van der Waals surface area contributed by atoms with Crippen LogP contribution in [0.2, 0.25) is 0 Å². The molecule has 0 amide bonds. The highest BCUT2D eigenvalue weighted by Gasteiger charge is 2.08. The molecule has 4 nitrogen and oxygen atoms in total. The van der Waals surface area contributed by atoms with E-state index in [9.17, 15) is 0 Å². The molecule has 0 fully saturated rings. The summed E-state index contributed by atoms with van der Waals surface area (Å²) >= 11 is 0. The van der Waals surface area contributed by atoms with E-state index >= 15 is 0 Å². The predicted molar refractivity (Wildman–Crippen MR) is 105 cm³/mol. The zero-order valence-corrected chi connectivity index (χ0v) is 15.0. The van der Waals surface area contributed by atoms with Gasteiger partial charge in [-0.1, -0.05) is 48.5 Å². The van der Waals surface area contributed by atoms with Crippen molar-refractivity contribution in [2.75, 3.05) is 6.61 Å². The molecule has 132 valence electrons. The van der Waals surface area contributed by atoms with Crippen molar-refractivity contribution in [3.8, 4) is 23.6 Å². The molecule has 27 heavy (non-hydrogen) atoms. The second kappa shape index (κ2) is 8.56. The lowest BCUT2D eigenvalue weighted by Gasteiger charge is -2.14. The van der Waals surface area contributed by atoms with E-state index in [2.05, 4.69) is 18.2 Å². The second-order valence-corrected chi connectivity index (χ2v) is 5.85. The van der Waals surface area contributed by atoms with Gasteiger partial charge in [-0.2, -0.15) is 10.5 Å². The molecule has 3 rings (SSSR count). The van der Waals surface area contributed by atoms with Gasteiger partial charge in [-0.15, -0.1) is 0 Å². The van der Waals surface area contributed by atoms with Gasteiger partial charge in [0.15, 0.2) is 11.5 Å². The minimum atomic E-state index is 0.0434. The molecule has 0 aliphatic heterocycles. The quantitative estimate of drug-likeness (QED) is 0.567. The van der Waals surface area contributed by atoms with E-state index < -0.39 is 0 Å². The molecule has 4 heteroatoms. The zero-order chi connectivity index (χ0) is 19.1. The van der Waals surface area contributed by atoms with Gasteiger partial charge in [0.25, 0.3) is 0 Å². The van der Waals surface area contributed by atoms with Crippen molar-refractivity contribution in [3.63, 3.8) is 0 Å². The van der Waals surface area contributed by atoms with Crippen LogP contribution in [-0.4, -0.2) is 6.61 Å². The van der Waals surface area contributed by atoms with Crippen LogP contribution in [-0.2, 0) is 6.61 Å². The summed E-state index contributed by atoms with van der Waals surface area (Å²) in [6.07, 6.45) is 1.52. The number of nitriles is 2. The van der Waals surface area contributed by atoms with E-state index in [1.54, 1.807) is 18.2 Å².